The van der Waals surface area contributed by atoms with E-state index in [1.807, 2.05) is 25.1 Å². The minimum atomic E-state index is -0.0378. The summed E-state index contributed by atoms with van der Waals surface area (Å²) in [6.07, 6.45) is 0.775. The molecule has 6 nitrogen and oxygen atoms in total. The van der Waals surface area contributed by atoms with E-state index in [2.05, 4.69) is 14.9 Å². The molecule has 0 atom stereocenters. The molecule has 0 radical (unpaired) electrons. The average Bonchev–Trinajstić information content (AvgIpc) is 2.55. The van der Waals surface area contributed by atoms with Crippen LogP contribution in [-0.4, -0.2) is 35.6 Å². The quantitative estimate of drug-likeness (QED) is 0.929. The summed E-state index contributed by atoms with van der Waals surface area (Å²) in [5.74, 6) is 2.27. The molecule has 6 heteroatoms. The van der Waals surface area contributed by atoms with Gasteiger partial charge in [-0.05, 0) is 19.1 Å². The lowest BCUT2D eigenvalue weighted by Crippen LogP contribution is -2.35. The molecule has 0 saturated carbocycles. The number of rotatable bonds is 4. The summed E-state index contributed by atoms with van der Waals surface area (Å²) in [6.45, 7) is 3.91. The van der Waals surface area contributed by atoms with Gasteiger partial charge in [-0.15, -0.1) is 0 Å². The predicted molar refractivity (Wildman–Crippen MR) is 87.0 cm³/mol. The molecule has 0 aliphatic carbocycles. The zero-order chi connectivity index (χ0) is 16.4. The first-order valence-electron chi connectivity index (χ1n) is 7.63. The van der Waals surface area contributed by atoms with E-state index in [1.54, 1.807) is 14.2 Å². The van der Waals surface area contributed by atoms with E-state index in [0.717, 1.165) is 41.3 Å². The molecular formula is C17H21N3O3. The normalized spacial score (nSPS) is 14.4. The Hall–Kier alpha value is -2.34. The number of benzene rings is 1. The molecule has 23 heavy (non-hydrogen) atoms. The van der Waals surface area contributed by atoms with Gasteiger partial charge < -0.3 is 14.5 Å². The van der Waals surface area contributed by atoms with Crippen LogP contribution >= 0.6 is 0 Å². The number of H-pyrrole nitrogens is 1. The number of ether oxygens (including phenoxy) is 2. The molecule has 0 unspecified atom stereocenters. The Balaban J connectivity index is 1.87. The van der Waals surface area contributed by atoms with Gasteiger partial charge in [0.1, 0.15) is 17.3 Å². The van der Waals surface area contributed by atoms with Crippen LogP contribution in [0.4, 0.5) is 0 Å². The monoisotopic (exact) mass is 315 g/mol. The van der Waals surface area contributed by atoms with E-state index in [-0.39, 0.29) is 5.56 Å². The van der Waals surface area contributed by atoms with E-state index in [4.69, 9.17) is 9.47 Å². The summed E-state index contributed by atoms with van der Waals surface area (Å²) >= 11 is 0. The maximum Gasteiger partial charge on any atom is 0.255 e. The van der Waals surface area contributed by atoms with Gasteiger partial charge in [0.25, 0.3) is 5.56 Å². The third-order valence-electron chi connectivity index (χ3n) is 4.18. The Morgan fingerprint density at radius 3 is 2.61 bits per heavy atom. The number of nitrogens with zero attached hydrogens (tertiary/aromatic N) is 2. The molecular weight excluding hydrogens is 294 g/mol. The molecule has 2 aromatic rings. The van der Waals surface area contributed by atoms with Crippen LogP contribution in [0.5, 0.6) is 11.5 Å². The van der Waals surface area contributed by atoms with Gasteiger partial charge in [-0.1, -0.05) is 6.07 Å². The van der Waals surface area contributed by atoms with Crippen molar-refractivity contribution < 1.29 is 9.47 Å². The van der Waals surface area contributed by atoms with Gasteiger partial charge in [0, 0.05) is 26.1 Å². The number of hydrogen-bond donors (Lipinski definition) is 1. The van der Waals surface area contributed by atoms with Crippen LogP contribution in [-0.2, 0) is 19.5 Å². The van der Waals surface area contributed by atoms with Crippen molar-refractivity contribution in [1.82, 2.24) is 14.9 Å². The first-order chi connectivity index (χ1) is 11.1. The van der Waals surface area contributed by atoms with Gasteiger partial charge in [-0.25, -0.2) is 4.98 Å². The molecule has 0 amide bonds. The molecule has 1 aliphatic heterocycles. The summed E-state index contributed by atoms with van der Waals surface area (Å²) in [6, 6.07) is 5.75. The van der Waals surface area contributed by atoms with Gasteiger partial charge in [0.15, 0.2) is 0 Å². The lowest BCUT2D eigenvalue weighted by atomic mass is 10.1. The molecule has 1 aromatic heterocycles. The van der Waals surface area contributed by atoms with Crippen molar-refractivity contribution in [3.63, 3.8) is 0 Å². The van der Waals surface area contributed by atoms with Gasteiger partial charge in [-0.2, -0.15) is 0 Å². The molecule has 1 aromatic carbocycles. The number of nitrogens with one attached hydrogen (secondary N) is 1. The largest absolute Gasteiger partial charge is 0.496 e. The molecule has 2 heterocycles. The second-order valence-corrected chi connectivity index (χ2v) is 5.68. The second kappa shape index (κ2) is 6.42. The van der Waals surface area contributed by atoms with E-state index < -0.39 is 0 Å². The molecule has 1 aliphatic rings. The van der Waals surface area contributed by atoms with Crippen LogP contribution in [0, 0.1) is 6.92 Å². The SMILES string of the molecule is COc1cccc(OC)c1CN1CCc2nc(C)[nH]c(=O)c2C1. The van der Waals surface area contributed by atoms with Gasteiger partial charge >= 0.3 is 0 Å². The zero-order valence-electron chi connectivity index (χ0n) is 13.7. The third-order valence-corrected chi connectivity index (χ3v) is 4.18. The Morgan fingerprint density at radius 2 is 1.96 bits per heavy atom. The Kier molecular flexibility index (Phi) is 4.34. The fourth-order valence-corrected chi connectivity index (χ4v) is 3.05. The maximum absolute atomic E-state index is 12.2. The van der Waals surface area contributed by atoms with Crippen LogP contribution in [0.1, 0.15) is 22.6 Å². The fourth-order valence-electron chi connectivity index (χ4n) is 3.05. The topological polar surface area (TPSA) is 67.5 Å². The van der Waals surface area contributed by atoms with Crippen LogP contribution in [0.25, 0.3) is 0 Å². The van der Waals surface area contributed by atoms with Crippen molar-refractivity contribution >= 4 is 0 Å². The number of methoxy groups -OCH3 is 2. The molecule has 0 spiro atoms. The first kappa shape index (κ1) is 15.6. The maximum atomic E-state index is 12.2. The van der Waals surface area contributed by atoms with Crippen LogP contribution < -0.4 is 15.0 Å². The van der Waals surface area contributed by atoms with Crippen molar-refractivity contribution in [2.45, 2.75) is 26.4 Å². The predicted octanol–water partition coefficient (Wildman–Crippen LogP) is 1.65. The zero-order valence-corrected chi connectivity index (χ0v) is 13.7. The lowest BCUT2D eigenvalue weighted by Gasteiger charge is -2.28. The summed E-state index contributed by atoms with van der Waals surface area (Å²) in [4.78, 5) is 21.6. The molecule has 3 rings (SSSR count). The minimum Gasteiger partial charge on any atom is -0.496 e. The molecule has 0 fully saturated rings. The van der Waals surface area contributed by atoms with Crippen molar-refractivity contribution in [1.29, 1.82) is 0 Å². The van der Waals surface area contributed by atoms with Crippen LogP contribution in [0.3, 0.4) is 0 Å². The van der Waals surface area contributed by atoms with E-state index in [1.165, 1.54) is 0 Å². The number of aryl methyl sites for hydroxylation is 1. The lowest BCUT2D eigenvalue weighted by molar-refractivity contribution is 0.233. The van der Waals surface area contributed by atoms with Crippen LogP contribution in [0.15, 0.2) is 23.0 Å². The average molecular weight is 315 g/mol. The smallest absolute Gasteiger partial charge is 0.255 e. The van der Waals surface area contributed by atoms with Gasteiger partial charge in [0.05, 0.1) is 31.0 Å². The first-order valence-corrected chi connectivity index (χ1v) is 7.63. The molecule has 0 saturated heterocycles. The number of aromatic nitrogens is 2. The van der Waals surface area contributed by atoms with E-state index >= 15 is 0 Å². The Labute approximate surface area is 135 Å². The molecule has 0 bridgehead atoms. The summed E-state index contributed by atoms with van der Waals surface area (Å²) in [5, 5.41) is 0. The molecule has 1 N–H and O–H groups in total. The Morgan fingerprint density at radius 1 is 1.26 bits per heavy atom. The number of fused-ring (bicyclic) bond motifs is 1. The summed E-state index contributed by atoms with van der Waals surface area (Å²) in [5.41, 5.74) is 2.63. The molecule has 122 valence electrons. The highest BCUT2D eigenvalue weighted by Gasteiger charge is 2.22. The van der Waals surface area contributed by atoms with Crippen molar-refractivity contribution in [3.05, 3.63) is 51.2 Å². The van der Waals surface area contributed by atoms with Gasteiger partial charge in [0.2, 0.25) is 0 Å². The summed E-state index contributed by atoms with van der Waals surface area (Å²) < 4.78 is 10.9. The van der Waals surface area contributed by atoms with E-state index in [9.17, 15) is 4.79 Å². The van der Waals surface area contributed by atoms with Gasteiger partial charge in [-0.3, -0.25) is 9.69 Å². The fraction of sp³-hybridized carbons (Fsp3) is 0.412. The van der Waals surface area contributed by atoms with Crippen molar-refractivity contribution in [2.75, 3.05) is 20.8 Å². The van der Waals surface area contributed by atoms with Crippen molar-refractivity contribution in [3.8, 4) is 11.5 Å². The standard InChI is InChI=1S/C17H21N3O3/c1-11-18-14-7-8-20(9-12(14)17(21)19-11)10-13-15(22-2)5-4-6-16(13)23-3/h4-6H,7-10H2,1-3H3,(H,18,19,21). The van der Waals surface area contributed by atoms with Crippen LogP contribution in [0.2, 0.25) is 0 Å². The van der Waals surface area contributed by atoms with E-state index in [0.29, 0.717) is 18.9 Å². The minimum absolute atomic E-state index is 0.0378. The van der Waals surface area contributed by atoms with Crippen molar-refractivity contribution in [2.24, 2.45) is 0 Å². The highest BCUT2D eigenvalue weighted by atomic mass is 16.5. The second-order valence-electron chi connectivity index (χ2n) is 5.68. The number of aromatic amines is 1. The summed E-state index contributed by atoms with van der Waals surface area (Å²) in [7, 11) is 3.31. The Bertz CT molecular complexity index is 748. The third kappa shape index (κ3) is 3.07. The number of hydrogen-bond acceptors (Lipinski definition) is 5. The highest BCUT2D eigenvalue weighted by molar-refractivity contribution is 5.44. The highest BCUT2D eigenvalue weighted by Crippen LogP contribution is 2.30.